The minimum absolute atomic E-state index is 0.00312. The molecule has 1 saturated heterocycles. The van der Waals surface area contributed by atoms with Gasteiger partial charge in [0.1, 0.15) is 5.82 Å². The van der Waals surface area contributed by atoms with Crippen LogP contribution in [0.2, 0.25) is 0 Å². The molecule has 1 unspecified atom stereocenters. The second-order valence-electron chi connectivity index (χ2n) is 12.8. The summed E-state index contributed by atoms with van der Waals surface area (Å²) >= 11 is 0. The Morgan fingerprint density at radius 2 is 1.75 bits per heavy atom. The number of hydrogen-bond donors (Lipinski definition) is 0. The average molecular weight is 609 g/mol. The molecule has 0 amide bonds. The van der Waals surface area contributed by atoms with Gasteiger partial charge >= 0.3 is 5.97 Å². The van der Waals surface area contributed by atoms with Crippen molar-refractivity contribution in [1.29, 1.82) is 0 Å². The van der Waals surface area contributed by atoms with Crippen molar-refractivity contribution in [2.24, 2.45) is 0 Å². The Kier molecular flexibility index (Phi) is 11.6. The van der Waals surface area contributed by atoms with E-state index < -0.39 is 6.10 Å². The van der Waals surface area contributed by atoms with Gasteiger partial charge in [0.25, 0.3) is 5.56 Å². The maximum Gasteiger partial charge on any atom is 0.306 e. The number of unbranched alkanes of at least 4 members (excludes halogenated alkanes) is 8. The zero-order chi connectivity index (χ0) is 30.9. The number of benzene rings is 1. The number of likely N-dealkylation sites (tertiary alicyclic amines) is 1. The van der Waals surface area contributed by atoms with Crippen molar-refractivity contribution >= 4 is 16.9 Å². The number of nitrogens with zero attached hydrogens (tertiary/aromatic N) is 4. The maximum absolute atomic E-state index is 13.6. The van der Waals surface area contributed by atoms with Gasteiger partial charge in [-0.1, -0.05) is 63.4 Å². The summed E-state index contributed by atoms with van der Waals surface area (Å²) in [5, 5.41) is 5.15. The van der Waals surface area contributed by atoms with Crippen LogP contribution in [0.15, 0.2) is 27.5 Å². The van der Waals surface area contributed by atoms with E-state index in [1.807, 2.05) is 6.92 Å². The number of halogens is 1. The van der Waals surface area contributed by atoms with E-state index in [9.17, 15) is 14.0 Å². The topological polar surface area (TPSA) is 90.5 Å². The van der Waals surface area contributed by atoms with E-state index >= 15 is 0 Å². The molecule has 0 N–H and O–H groups in total. The predicted molar refractivity (Wildman–Crippen MR) is 169 cm³/mol. The van der Waals surface area contributed by atoms with E-state index in [-0.39, 0.29) is 23.3 Å². The number of esters is 1. The molecule has 9 heteroatoms. The zero-order valence-corrected chi connectivity index (χ0v) is 26.6. The Morgan fingerprint density at radius 3 is 2.50 bits per heavy atom. The number of carbonyl (C=O) groups excluding carboxylic acids is 1. The molecule has 4 heterocycles. The molecule has 0 saturated carbocycles. The molecule has 44 heavy (non-hydrogen) atoms. The highest BCUT2D eigenvalue weighted by Gasteiger charge is 2.29. The van der Waals surface area contributed by atoms with E-state index in [1.54, 1.807) is 10.6 Å². The van der Waals surface area contributed by atoms with Crippen LogP contribution in [0.5, 0.6) is 0 Å². The fraction of sp³-hybridized carbons (Fsp3) is 0.657. The van der Waals surface area contributed by atoms with Crippen molar-refractivity contribution in [3.63, 3.8) is 0 Å². The summed E-state index contributed by atoms with van der Waals surface area (Å²) in [6, 6.07) is 4.60. The predicted octanol–water partition coefficient (Wildman–Crippen LogP) is 7.55. The molecule has 2 aliphatic heterocycles. The molecule has 8 nitrogen and oxygen atoms in total. The van der Waals surface area contributed by atoms with Gasteiger partial charge in [0.05, 0.1) is 5.69 Å². The summed E-state index contributed by atoms with van der Waals surface area (Å²) in [6.07, 6.45) is 14.8. The Hall–Kier alpha value is -3.07. The zero-order valence-electron chi connectivity index (χ0n) is 26.6. The Balaban J connectivity index is 1.09. The average Bonchev–Trinajstić information content (AvgIpc) is 3.44. The third-order valence-corrected chi connectivity index (χ3v) is 9.51. The molecular formula is C35H49FN4O4. The molecule has 240 valence electrons. The van der Waals surface area contributed by atoms with Gasteiger partial charge < -0.3 is 14.2 Å². The van der Waals surface area contributed by atoms with E-state index in [1.165, 1.54) is 57.1 Å². The summed E-state index contributed by atoms with van der Waals surface area (Å²) in [4.78, 5) is 33.4. The number of carbonyl (C=O) groups is 1. The summed E-state index contributed by atoms with van der Waals surface area (Å²) < 4.78 is 26.5. The van der Waals surface area contributed by atoms with E-state index in [2.05, 4.69) is 17.0 Å². The quantitative estimate of drug-likeness (QED) is 0.130. The van der Waals surface area contributed by atoms with Crippen LogP contribution >= 0.6 is 0 Å². The molecule has 0 bridgehead atoms. The number of hydrogen-bond acceptors (Lipinski definition) is 7. The summed E-state index contributed by atoms with van der Waals surface area (Å²) in [6.45, 7) is 7.33. The van der Waals surface area contributed by atoms with Crippen LogP contribution in [0, 0.1) is 12.7 Å². The van der Waals surface area contributed by atoms with Crippen LogP contribution < -0.4 is 5.56 Å². The van der Waals surface area contributed by atoms with Crippen LogP contribution in [0.1, 0.15) is 132 Å². The lowest BCUT2D eigenvalue weighted by atomic mass is 9.91. The van der Waals surface area contributed by atoms with Crippen LogP contribution in [0.25, 0.3) is 11.0 Å². The van der Waals surface area contributed by atoms with Crippen LogP contribution in [0.3, 0.4) is 0 Å². The first-order valence-corrected chi connectivity index (χ1v) is 17.0. The molecular weight excluding hydrogens is 559 g/mol. The highest BCUT2D eigenvalue weighted by molar-refractivity contribution is 5.79. The molecule has 1 fully saturated rings. The number of ether oxygens (including phenoxy) is 1. The Bertz CT molecular complexity index is 1440. The molecule has 1 atom stereocenters. The molecule has 0 spiro atoms. The van der Waals surface area contributed by atoms with Gasteiger partial charge in [-0.25, -0.2) is 9.37 Å². The van der Waals surface area contributed by atoms with Gasteiger partial charge in [-0.05, 0) is 70.7 Å². The second-order valence-corrected chi connectivity index (χ2v) is 12.8. The molecule has 2 aliphatic rings. The minimum atomic E-state index is -0.446. The fourth-order valence-corrected chi connectivity index (χ4v) is 6.87. The SMILES string of the molecule is CCCCCCCCCCCC(=O)OC1CCCn2c1nc(C)c(CCN1CCC(c3noc4cc(F)ccc34)CC1)c2=O. The van der Waals surface area contributed by atoms with Crippen molar-refractivity contribution in [2.75, 3.05) is 19.6 Å². The van der Waals surface area contributed by atoms with Crippen molar-refractivity contribution in [2.45, 2.75) is 129 Å². The lowest BCUT2D eigenvalue weighted by molar-refractivity contribution is -0.151. The minimum Gasteiger partial charge on any atom is -0.454 e. The lowest BCUT2D eigenvalue weighted by Crippen LogP contribution is -2.38. The summed E-state index contributed by atoms with van der Waals surface area (Å²) in [7, 11) is 0. The molecule has 3 aromatic rings. The van der Waals surface area contributed by atoms with Crippen LogP contribution in [-0.4, -0.2) is 45.2 Å². The van der Waals surface area contributed by atoms with Crippen molar-refractivity contribution < 1.29 is 18.4 Å². The highest BCUT2D eigenvalue weighted by Crippen LogP contribution is 2.33. The molecule has 2 aromatic heterocycles. The number of rotatable bonds is 15. The standard InChI is InChI=1S/C35H49FN4O4/c1-3-4-5-6-7-8-9-10-11-14-32(41)43-30-13-12-20-40-34(30)37-25(2)28(35(40)42)19-23-39-21-17-26(18-22-39)33-29-16-15-27(36)24-31(29)44-38-33/h15-16,24,26,30H,3-14,17-23H2,1-2H3. The first kappa shape index (κ1) is 32.3. The highest BCUT2D eigenvalue weighted by atomic mass is 19.1. The molecule has 0 aliphatic carbocycles. The van der Waals surface area contributed by atoms with Gasteiger partial charge in [0.15, 0.2) is 17.5 Å². The second kappa shape index (κ2) is 15.8. The summed E-state index contributed by atoms with van der Waals surface area (Å²) in [5.74, 6) is 0.370. The molecule has 1 aromatic carbocycles. The smallest absolute Gasteiger partial charge is 0.306 e. The Morgan fingerprint density at radius 1 is 1.02 bits per heavy atom. The van der Waals surface area contributed by atoms with Crippen molar-refractivity contribution in [3.05, 3.63) is 57.1 Å². The molecule has 0 radical (unpaired) electrons. The lowest BCUT2D eigenvalue weighted by Gasteiger charge is -2.31. The van der Waals surface area contributed by atoms with E-state index in [4.69, 9.17) is 14.2 Å². The fourth-order valence-electron chi connectivity index (χ4n) is 6.87. The van der Waals surface area contributed by atoms with Crippen molar-refractivity contribution in [1.82, 2.24) is 19.6 Å². The van der Waals surface area contributed by atoms with Crippen molar-refractivity contribution in [3.8, 4) is 0 Å². The van der Waals surface area contributed by atoms with Gasteiger partial charge in [-0.3, -0.25) is 14.2 Å². The normalized spacial score (nSPS) is 17.7. The first-order chi connectivity index (χ1) is 21.4. The third-order valence-electron chi connectivity index (χ3n) is 9.51. The number of fused-ring (bicyclic) bond motifs is 2. The number of aryl methyl sites for hydroxylation is 1. The molecule has 5 rings (SSSR count). The number of piperidine rings is 1. The largest absolute Gasteiger partial charge is 0.454 e. The van der Waals surface area contributed by atoms with Gasteiger partial charge in [-0.15, -0.1) is 0 Å². The van der Waals surface area contributed by atoms with Crippen LogP contribution in [-0.2, 0) is 22.5 Å². The van der Waals surface area contributed by atoms with Gasteiger partial charge in [0, 0.05) is 48.1 Å². The van der Waals surface area contributed by atoms with Crippen LogP contribution in [0.4, 0.5) is 4.39 Å². The van der Waals surface area contributed by atoms with E-state index in [0.717, 1.165) is 74.1 Å². The summed E-state index contributed by atoms with van der Waals surface area (Å²) in [5.41, 5.74) is 2.90. The number of aromatic nitrogens is 3. The van der Waals surface area contributed by atoms with E-state index in [0.29, 0.717) is 37.2 Å². The van der Waals surface area contributed by atoms with Gasteiger partial charge in [0.2, 0.25) is 0 Å². The Labute approximate surface area is 260 Å². The van der Waals surface area contributed by atoms with Gasteiger partial charge in [-0.2, -0.15) is 0 Å². The third kappa shape index (κ3) is 8.14. The monoisotopic (exact) mass is 608 g/mol. The first-order valence-electron chi connectivity index (χ1n) is 17.0. The maximum atomic E-state index is 13.6.